The number of amides is 2. The second-order valence-corrected chi connectivity index (χ2v) is 5.13. The van der Waals surface area contributed by atoms with Crippen molar-refractivity contribution in [2.24, 2.45) is 5.92 Å². The molecule has 1 atom stereocenters. The summed E-state index contributed by atoms with van der Waals surface area (Å²) in [5, 5.41) is 10.1. The molecular formula is C12H21NO4. The lowest BCUT2D eigenvalue weighted by molar-refractivity contribution is -0.154. The van der Waals surface area contributed by atoms with Gasteiger partial charge in [-0.25, -0.2) is 0 Å². The Morgan fingerprint density at radius 3 is 2.41 bits per heavy atom. The van der Waals surface area contributed by atoms with Crippen LogP contribution in [0.3, 0.4) is 0 Å². The van der Waals surface area contributed by atoms with Crippen LogP contribution in [0.2, 0.25) is 0 Å². The van der Waals surface area contributed by atoms with Gasteiger partial charge >= 0.3 is 0 Å². The Morgan fingerprint density at radius 2 is 1.94 bits per heavy atom. The van der Waals surface area contributed by atoms with Crippen molar-refractivity contribution >= 4 is 11.8 Å². The summed E-state index contributed by atoms with van der Waals surface area (Å²) in [5.74, 6) is -0.270. The van der Waals surface area contributed by atoms with Gasteiger partial charge in [0.15, 0.2) is 0 Å². The second kappa shape index (κ2) is 5.60. The number of ether oxygens (including phenoxy) is 1. The van der Waals surface area contributed by atoms with E-state index in [1.807, 2.05) is 6.92 Å². The number of hydrogen-bond donors (Lipinski definition) is 1. The monoisotopic (exact) mass is 243 g/mol. The van der Waals surface area contributed by atoms with Crippen LogP contribution < -0.4 is 0 Å². The summed E-state index contributed by atoms with van der Waals surface area (Å²) < 4.78 is 4.89. The van der Waals surface area contributed by atoms with E-state index in [0.29, 0.717) is 25.9 Å². The first kappa shape index (κ1) is 14.1. The van der Waals surface area contributed by atoms with Crippen LogP contribution in [0.15, 0.2) is 0 Å². The quantitative estimate of drug-likeness (QED) is 0.716. The van der Waals surface area contributed by atoms with Gasteiger partial charge in [0.05, 0.1) is 12.1 Å². The second-order valence-electron chi connectivity index (χ2n) is 5.13. The number of piperidine rings is 1. The van der Waals surface area contributed by atoms with Gasteiger partial charge in [0, 0.05) is 33.0 Å². The number of imide groups is 1. The SMILES string of the molecule is COCCC(C)(O)CN1C(=O)CC(C)CC1=O. The maximum atomic E-state index is 11.7. The summed E-state index contributed by atoms with van der Waals surface area (Å²) >= 11 is 0. The fourth-order valence-corrected chi connectivity index (χ4v) is 1.95. The van der Waals surface area contributed by atoms with E-state index in [2.05, 4.69) is 0 Å². The Balaban J connectivity index is 2.60. The Hall–Kier alpha value is -0.940. The first-order chi connectivity index (χ1) is 7.85. The van der Waals surface area contributed by atoms with Gasteiger partial charge in [0.1, 0.15) is 0 Å². The topological polar surface area (TPSA) is 66.8 Å². The van der Waals surface area contributed by atoms with E-state index in [-0.39, 0.29) is 24.3 Å². The van der Waals surface area contributed by atoms with Gasteiger partial charge in [-0.05, 0) is 12.8 Å². The highest BCUT2D eigenvalue weighted by Gasteiger charge is 2.35. The summed E-state index contributed by atoms with van der Waals surface area (Å²) in [7, 11) is 1.55. The largest absolute Gasteiger partial charge is 0.388 e. The van der Waals surface area contributed by atoms with E-state index in [4.69, 9.17) is 4.74 Å². The normalized spacial score (nSPS) is 21.8. The van der Waals surface area contributed by atoms with Gasteiger partial charge in [0.2, 0.25) is 11.8 Å². The van der Waals surface area contributed by atoms with Crippen molar-refractivity contribution in [2.45, 2.75) is 38.7 Å². The third-order valence-electron chi connectivity index (χ3n) is 2.99. The smallest absolute Gasteiger partial charge is 0.229 e. The van der Waals surface area contributed by atoms with Crippen molar-refractivity contribution in [3.8, 4) is 0 Å². The third kappa shape index (κ3) is 4.09. The van der Waals surface area contributed by atoms with Gasteiger partial charge in [0.25, 0.3) is 0 Å². The van der Waals surface area contributed by atoms with E-state index < -0.39 is 5.60 Å². The van der Waals surface area contributed by atoms with Gasteiger partial charge in [-0.15, -0.1) is 0 Å². The molecule has 1 saturated heterocycles. The highest BCUT2D eigenvalue weighted by atomic mass is 16.5. The molecule has 0 spiro atoms. The molecule has 1 aliphatic rings. The molecule has 5 heteroatoms. The lowest BCUT2D eigenvalue weighted by Crippen LogP contribution is -2.50. The molecule has 0 radical (unpaired) electrons. The van der Waals surface area contributed by atoms with Crippen LogP contribution >= 0.6 is 0 Å². The summed E-state index contributed by atoms with van der Waals surface area (Å²) in [6.45, 7) is 3.96. The molecule has 0 aromatic rings. The molecule has 0 saturated carbocycles. The molecule has 1 fully saturated rings. The molecule has 1 heterocycles. The molecule has 1 rings (SSSR count). The van der Waals surface area contributed by atoms with E-state index in [9.17, 15) is 14.7 Å². The minimum absolute atomic E-state index is 0.0563. The van der Waals surface area contributed by atoms with E-state index >= 15 is 0 Å². The minimum atomic E-state index is -1.08. The van der Waals surface area contributed by atoms with Crippen molar-refractivity contribution in [3.63, 3.8) is 0 Å². The number of aliphatic hydroxyl groups is 1. The Labute approximate surface area is 102 Å². The number of carbonyl (C=O) groups excluding carboxylic acids is 2. The molecule has 0 bridgehead atoms. The minimum Gasteiger partial charge on any atom is -0.388 e. The van der Waals surface area contributed by atoms with Crippen LogP contribution in [-0.4, -0.2) is 47.7 Å². The fourth-order valence-electron chi connectivity index (χ4n) is 1.95. The fraction of sp³-hybridized carbons (Fsp3) is 0.833. The van der Waals surface area contributed by atoms with Gasteiger partial charge < -0.3 is 9.84 Å². The molecule has 98 valence electrons. The number of rotatable bonds is 5. The van der Waals surface area contributed by atoms with E-state index in [1.165, 1.54) is 4.90 Å². The van der Waals surface area contributed by atoms with Crippen molar-refractivity contribution < 1.29 is 19.4 Å². The predicted octanol–water partition coefficient (Wildman–Crippen LogP) is 0.559. The van der Waals surface area contributed by atoms with Crippen molar-refractivity contribution in [3.05, 3.63) is 0 Å². The summed E-state index contributed by atoms with van der Waals surface area (Å²) in [5.41, 5.74) is -1.08. The van der Waals surface area contributed by atoms with Crippen LogP contribution in [0, 0.1) is 5.92 Å². The van der Waals surface area contributed by atoms with E-state index in [0.717, 1.165) is 0 Å². The molecule has 1 unspecified atom stereocenters. The molecule has 0 aromatic heterocycles. The van der Waals surface area contributed by atoms with Gasteiger partial charge in [-0.1, -0.05) is 6.92 Å². The van der Waals surface area contributed by atoms with Crippen LogP contribution in [0.5, 0.6) is 0 Å². The van der Waals surface area contributed by atoms with Crippen LogP contribution in [0.1, 0.15) is 33.1 Å². The molecule has 1 N–H and O–H groups in total. The Bertz CT molecular complexity index is 283. The zero-order valence-electron chi connectivity index (χ0n) is 10.7. The molecule has 2 amide bonds. The highest BCUT2D eigenvalue weighted by molar-refractivity contribution is 5.97. The number of hydrogen-bond acceptors (Lipinski definition) is 4. The molecule has 17 heavy (non-hydrogen) atoms. The van der Waals surface area contributed by atoms with Crippen LogP contribution in [-0.2, 0) is 14.3 Å². The average Bonchev–Trinajstić information content (AvgIpc) is 2.21. The standard InChI is InChI=1S/C12H21NO4/c1-9-6-10(14)13(11(15)7-9)8-12(2,16)4-5-17-3/h9,16H,4-8H2,1-3H3. The summed E-state index contributed by atoms with van der Waals surface area (Å²) in [4.78, 5) is 24.6. The molecular weight excluding hydrogens is 222 g/mol. The zero-order valence-corrected chi connectivity index (χ0v) is 10.7. The highest BCUT2D eigenvalue weighted by Crippen LogP contribution is 2.21. The van der Waals surface area contributed by atoms with Crippen LogP contribution in [0.4, 0.5) is 0 Å². The summed E-state index contributed by atoms with van der Waals surface area (Å²) in [6, 6.07) is 0. The third-order valence-corrected chi connectivity index (χ3v) is 2.99. The zero-order chi connectivity index (χ0) is 13.1. The van der Waals surface area contributed by atoms with Crippen molar-refractivity contribution in [1.82, 2.24) is 4.90 Å². The van der Waals surface area contributed by atoms with Crippen molar-refractivity contribution in [2.75, 3.05) is 20.3 Å². The first-order valence-corrected chi connectivity index (χ1v) is 5.90. The van der Waals surface area contributed by atoms with Gasteiger partial charge in [-0.3, -0.25) is 14.5 Å². The Morgan fingerprint density at radius 1 is 1.41 bits per heavy atom. The predicted molar refractivity (Wildman–Crippen MR) is 62.2 cm³/mol. The maximum absolute atomic E-state index is 11.7. The van der Waals surface area contributed by atoms with E-state index in [1.54, 1.807) is 14.0 Å². The average molecular weight is 243 g/mol. The molecule has 5 nitrogen and oxygen atoms in total. The first-order valence-electron chi connectivity index (χ1n) is 5.90. The maximum Gasteiger partial charge on any atom is 0.229 e. The summed E-state index contributed by atoms with van der Waals surface area (Å²) in [6.07, 6.45) is 1.16. The number of methoxy groups -OCH3 is 1. The molecule has 0 aliphatic carbocycles. The van der Waals surface area contributed by atoms with Gasteiger partial charge in [-0.2, -0.15) is 0 Å². The molecule has 0 aromatic carbocycles. The number of nitrogens with zero attached hydrogens (tertiary/aromatic N) is 1. The molecule has 1 aliphatic heterocycles. The number of likely N-dealkylation sites (tertiary alicyclic amines) is 1. The number of β-amino-alcohol motifs (C(OH)–C–C–N with tert-alkyl or cyclic N) is 1. The van der Waals surface area contributed by atoms with Crippen LogP contribution in [0.25, 0.3) is 0 Å². The Kier molecular flexibility index (Phi) is 4.65. The lowest BCUT2D eigenvalue weighted by Gasteiger charge is -2.34. The van der Waals surface area contributed by atoms with Crippen molar-refractivity contribution in [1.29, 1.82) is 0 Å². The lowest BCUT2D eigenvalue weighted by atomic mass is 9.95. The number of carbonyl (C=O) groups is 2.